The number of amides is 3. The van der Waals surface area contributed by atoms with Crippen LogP contribution in [0.15, 0.2) is 30.3 Å². The molecule has 1 rings (SSSR count). The number of carbonyl (C=O) groups is 3. The molecule has 0 fully saturated rings. The van der Waals surface area contributed by atoms with E-state index in [1.165, 1.54) is 0 Å². The lowest BCUT2D eigenvalue weighted by Crippen LogP contribution is -2.58. The molecule has 0 heterocycles. The Morgan fingerprint density at radius 2 is 1.62 bits per heavy atom. The SMILES string of the molecule is CCCCNC(=O)C(c1ccccc1)N(C(=O)C(C)NC(=O)OC(C)(C)C)C(C)(C)CC. The Labute approximate surface area is 193 Å². The van der Waals surface area contributed by atoms with Crippen molar-refractivity contribution in [3.8, 4) is 0 Å². The van der Waals surface area contributed by atoms with Crippen LogP contribution in [0.1, 0.15) is 86.3 Å². The van der Waals surface area contributed by atoms with Gasteiger partial charge in [-0.2, -0.15) is 0 Å². The zero-order valence-electron chi connectivity index (χ0n) is 21.0. The summed E-state index contributed by atoms with van der Waals surface area (Å²) in [5.74, 6) is -0.578. The van der Waals surface area contributed by atoms with Crippen molar-refractivity contribution in [2.24, 2.45) is 0 Å². The normalized spacial score (nSPS) is 13.6. The standard InChI is InChI=1S/C25H41N3O4/c1-9-11-17-26-21(29)20(19-15-13-12-14-16-19)28(25(7,8)10-2)22(30)18(3)27-23(31)32-24(4,5)6/h12-16,18,20H,9-11,17H2,1-8H3,(H,26,29)(H,27,31). The van der Waals surface area contributed by atoms with E-state index in [1.807, 2.05) is 51.1 Å². The van der Waals surface area contributed by atoms with Gasteiger partial charge < -0.3 is 20.3 Å². The van der Waals surface area contributed by atoms with Gasteiger partial charge in [0.2, 0.25) is 11.8 Å². The molecule has 0 aromatic heterocycles. The molecule has 0 aliphatic heterocycles. The predicted octanol–water partition coefficient (Wildman–Crippen LogP) is 4.57. The molecule has 180 valence electrons. The molecule has 2 atom stereocenters. The number of nitrogens with zero attached hydrogens (tertiary/aromatic N) is 1. The molecular weight excluding hydrogens is 406 g/mol. The van der Waals surface area contributed by atoms with Crippen molar-refractivity contribution in [3.63, 3.8) is 0 Å². The van der Waals surface area contributed by atoms with Crippen LogP contribution in [0, 0.1) is 0 Å². The molecule has 0 aliphatic carbocycles. The van der Waals surface area contributed by atoms with Gasteiger partial charge in [0, 0.05) is 12.1 Å². The van der Waals surface area contributed by atoms with Crippen LogP contribution in [0.5, 0.6) is 0 Å². The van der Waals surface area contributed by atoms with E-state index in [-0.39, 0.29) is 11.8 Å². The van der Waals surface area contributed by atoms with E-state index in [4.69, 9.17) is 4.74 Å². The number of hydrogen-bond donors (Lipinski definition) is 2. The smallest absolute Gasteiger partial charge is 0.408 e. The average molecular weight is 448 g/mol. The van der Waals surface area contributed by atoms with Gasteiger partial charge in [0.1, 0.15) is 17.7 Å². The van der Waals surface area contributed by atoms with Gasteiger partial charge in [-0.05, 0) is 59.9 Å². The van der Waals surface area contributed by atoms with E-state index in [0.717, 1.165) is 18.4 Å². The number of nitrogens with one attached hydrogen (secondary N) is 2. The molecule has 32 heavy (non-hydrogen) atoms. The van der Waals surface area contributed by atoms with E-state index in [2.05, 4.69) is 17.6 Å². The van der Waals surface area contributed by atoms with E-state index in [0.29, 0.717) is 13.0 Å². The highest BCUT2D eigenvalue weighted by Gasteiger charge is 2.41. The summed E-state index contributed by atoms with van der Waals surface area (Å²) in [6.45, 7) is 15.3. The van der Waals surface area contributed by atoms with Crippen LogP contribution in [-0.2, 0) is 14.3 Å². The highest BCUT2D eigenvalue weighted by atomic mass is 16.6. The molecular formula is C25H41N3O4. The zero-order valence-corrected chi connectivity index (χ0v) is 21.0. The number of hydrogen-bond acceptors (Lipinski definition) is 4. The highest BCUT2D eigenvalue weighted by Crippen LogP contribution is 2.32. The monoisotopic (exact) mass is 447 g/mol. The van der Waals surface area contributed by atoms with E-state index in [1.54, 1.807) is 32.6 Å². The van der Waals surface area contributed by atoms with Gasteiger partial charge in [-0.1, -0.05) is 50.6 Å². The number of alkyl carbamates (subject to hydrolysis) is 1. The third-order valence-electron chi connectivity index (χ3n) is 5.31. The fourth-order valence-corrected chi connectivity index (χ4v) is 3.24. The van der Waals surface area contributed by atoms with E-state index >= 15 is 0 Å². The van der Waals surface area contributed by atoms with Crippen molar-refractivity contribution in [2.45, 2.75) is 97.9 Å². The average Bonchev–Trinajstić information content (AvgIpc) is 2.70. The minimum absolute atomic E-state index is 0.232. The lowest BCUT2D eigenvalue weighted by Gasteiger charge is -2.44. The van der Waals surface area contributed by atoms with Gasteiger partial charge >= 0.3 is 6.09 Å². The minimum Gasteiger partial charge on any atom is -0.444 e. The molecule has 0 bridgehead atoms. The first kappa shape index (κ1) is 27.5. The molecule has 7 nitrogen and oxygen atoms in total. The first-order valence-electron chi connectivity index (χ1n) is 11.5. The molecule has 0 spiro atoms. The number of unbranched alkanes of at least 4 members (excludes halogenated alkanes) is 1. The second-order valence-electron chi connectivity index (χ2n) is 9.70. The molecule has 3 amide bonds. The number of ether oxygens (including phenoxy) is 1. The molecule has 0 radical (unpaired) electrons. The summed E-state index contributed by atoms with van der Waals surface area (Å²) in [5.41, 5.74) is -0.592. The topological polar surface area (TPSA) is 87.7 Å². The Morgan fingerprint density at radius 3 is 2.12 bits per heavy atom. The molecule has 2 N–H and O–H groups in total. The van der Waals surface area contributed by atoms with Gasteiger partial charge in [0.15, 0.2) is 0 Å². The van der Waals surface area contributed by atoms with Crippen LogP contribution in [-0.4, -0.2) is 46.5 Å². The maximum Gasteiger partial charge on any atom is 0.408 e. The molecule has 1 aromatic carbocycles. The molecule has 1 aromatic rings. The van der Waals surface area contributed by atoms with Crippen molar-refractivity contribution in [2.75, 3.05) is 6.54 Å². The van der Waals surface area contributed by atoms with Crippen molar-refractivity contribution in [1.29, 1.82) is 0 Å². The fraction of sp³-hybridized carbons (Fsp3) is 0.640. The third kappa shape index (κ3) is 8.17. The minimum atomic E-state index is -0.870. The summed E-state index contributed by atoms with van der Waals surface area (Å²) in [6.07, 6.45) is 1.77. The van der Waals surface area contributed by atoms with Crippen molar-refractivity contribution in [3.05, 3.63) is 35.9 Å². The quantitative estimate of drug-likeness (QED) is 0.514. The Morgan fingerprint density at radius 1 is 1.03 bits per heavy atom. The second-order valence-corrected chi connectivity index (χ2v) is 9.70. The maximum atomic E-state index is 13.7. The van der Waals surface area contributed by atoms with Crippen LogP contribution in [0.3, 0.4) is 0 Å². The highest BCUT2D eigenvalue weighted by molar-refractivity contribution is 5.92. The van der Waals surface area contributed by atoms with Gasteiger partial charge in [-0.15, -0.1) is 0 Å². The van der Waals surface area contributed by atoms with Gasteiger partial charge in [-0.25, -0.2) is 4.79 Å². The zero-order chi connectivity index (χ0) is 24.5. The summed E-state index contributed by atoms with van der Waals surface area (Å²) in [6, 6.07) is 7.59. The first-order chi connectivity index (χ1) is 14.8. The van der Waals surface area contributed by atoms with Crippen molar-refractivity contribution >= 4 is 17.9 Å². The summed E-state index contributed by atoms with van der Waals surface area (Å²) in [5, 5.41) is 5.61. The Balaban J connectivity index is 3.33. The first-order valence-corrected chi connectivity index (χ1v) is 11.5. The Kier molecular flexibility index (Phi) is 10.2. The van der Waals surface area contributed by atoms with Crippen molar-refractivity contribution in [1.82, 2.24) is 15.5 Å². The summed E-state index contributed by atoms with van der Waals surface area (Å²) < 4.78 is 5.31. The Hall–Kier alpha value is -2.57. The number of benzene rings is 1. The van der Waals surface area contributed by atoms with E-state index < -0.39 is 29.3 Å². The van der Waals surface area contributed by atoms with Crippen LogP contribution < -0.4 is 10.6 Å². The van der Waals surface area contributed by atoms with Gasteiger partial charge in [-0.3, -0.25) is 9.59 Å². The predicted molar refractivity (Wildman–Crippen MR) is 127 cm³/mol. The Bertz CT molecular complexity index is 756. The van der Waals surface area contributed by atoms with Crippen LogP contribution in [0.2, 0.25) is 0 Å². The van der Waals surface area contributed by atoms with Gasteiger partial charge in [0.05, 0.1) is 0 Å². The van der Waals surface area contributed by atoms with Crippen LogP contribution in [0.25, 0.3) is 0 Å². The molecule has 2 unspecified atom stereocenters. The largest absolute Gasteiger partial charge is 0.444 e. The second kappa shape index (κ2) is 11.9. The van der Waals surface area contributed by atoms with E-state index in [9.17, 15) is 14.4 Å². The molecule has 7 heteroatoms. The molecule has 0 aliphatic rings. The summed E-state index contributed by atoms with van der Waals surface area (Å²) in [4.78, 5) is 40.9. The van der Waals surface area contributed by atoms with Gasteiger partial charge in [0.25, 0.3) is 0 Å². The maximum absolute atomic E-state index is 13.7. The van der Waals surface area contributed by atoms with Crippen LogP contribution >= 0.6 is 0 Å². The summed E-state index contributed by atoms with van der Waals surface area (Å²) in [7, 11) is 0. The number of rotatable bonds is 10. The summed E-state index contributed by atoms with van der Waals surface area (Å²) >= 11 is 0. The molecule has 0 saturated heterocycles. The molecule has 0 saturated carbocycles. The third-order valence-corrected chi connectivity index (χ3v) is 5.31. The van der Waals surface area contributed by atoms with Crippen LogP contribution in [0.4, 0.5) is 4.79 Å². The lowest BCUT2D eigenvalue weighted by atomic mass is 9.92. The number of carbonyl (C=O) groups excluding carboxylic acids is 3. The lowest BCUT2D eigenvalue weighted by molar-refractivity contribution is -0.149. The fourth-order valence-electron chi connectivity index (χ4n) is 3.24. The van der Waals surface area contributed by atoms with Crippen molar-refractivity contribution < 1.29 is 19.1 Å².